The first-order valence-electron chi connectivity index (χ1n) is 5.84. The largest absolute Gasteiger partial charge is 0.399 e. The molecule has 5 N–H and O–H groups in total. The normalized spacial score (nSPS) is 10.4. The van der Waals surface area contributed by atoms with Crippen LogP contribution in [0.2, 0.25) is 0 Å². The number of nitrogen functional groups attached to an aromatic ring is 2. The third-order valence-corrected chi connectivity index (χ3v) is 2.76. The molecule has 0 bridgehead atoms. The van der Waals surface area contributed by atoms with E-state index >= 15 is 0 Å². The second-order valence-electron chi connectivity index (χ2n) is 4.21. The van der Waals surface area contributed by atoms with Crippen LogP contribution in [-0.4, -0.2) is 27.2 Å². The quantitative estimate of drug-likeness (QED) is 0.667. The third-order valence-electron chi connectivity index (χ3n) is 2.76. The molecular weight excluding hydrogens is 244 g/mol. The fourth-order valence-electron chi connectivity index (χ4n) is 1.70. The van der Waals surface area contributed by atoms with Crippen LogP contribution in [0.4, 0.5) is 11.4 Å². The zero-order valence-electron chi connectivity index (χ0n) is 10.6. The number of rotatable bonds is 4. The van der Waals surface area contributed by atoms with Gasteiger partial charge in [-0.1, -0.05) is 0 Å². The number of nitrogens with one attached hydrogen (secondary N) is 1. The Bertz CT molecular complexity index is 592. The molecule has 0 aliphatic rings. The van der Waals surface area contributed by atoms with E-state index in [1.807, 2.05) is 11.6 Å². The van der Waals surface area contributed by atoms with E-state index < -0.39 is 0 Å². The van der Waals surface area contributed by atoms with Crippen LogP contribution in [0, 0.1) is 0 Å². The van der Waals surface area contributed by atoms with Gasteiger partial charge in [-0.2, -0.15) is 0 Å². The van der Waals surface area contributed by atoms with E-state index in [0.29, 0.717) is 29.9 Å². The van der Waals surface area contributed by atoms with Gasteiger partial charge in [-0.15, -0.1) is 10.2 Å². The number of anilines is 2. The molecule has 0 aliphatic carbocycles. The summed E-state index contributed by atoms with van der Waals surface area (Å²) in [7, 11) is 1.86. The monoisotopic (exact) mass is 260 g/mol. The number of aryl methyl sites for hydroxylation is 1. The molecule has 7 heteroatoms. The Morgan fingerprint density at radius 3 is 2.84 bits per heavy atom. The van der Waals surface area contributed by atoms with Crippen molar-refractivity contribution in [2.75, 3.05) is 18.0 Å². The molecule has 1 amide bonds. The van der Waals surface area contributed by atoms with E-state index in [0.717, 1.165) is 5.82 Å². The minimum atomic E-state index is -0.223. The summed E-state index contributed by atoms with van der Waals surface area (Å²) < 4.78 is 1.81. The maximum Gasteiger partial charge on any atom is 0.253 e. The summed E-state index contributed by atoms with van der Waals surface area (Å²) in [6.45, 7) is 0.467. The topological polar surface area (TPSA) is 112 Å². The zero-order valence-corrected chi connectivity index (χ0v) is 10.6. The highest BCUT2D eigenvalue weighted by atomic mass is 16.1. The van der Waals surface area contributed by atoms with Crippen molar-refractivity contribution in [2.24, 2.45) is 7.05 Å². The highest BCUT2D eigenvalue weighted by Crippen LogP contribution is 2.15. The van der Waals surface area contributed by atoms with Gasteiger partial charge in [0.1, 0.15) is 12.2 Å². The Hall–Kier alpha value is -2.57. The first kappa shape index (κ1) is 12.9. The molecule has 7 nitrogen and oxygen atoms in total. The van der Waals surface area contributed by atoms with E-state index in [1.165, 1.54) is 0 Å². The molecule has 19 heavy (non-hydrogen) atoms. The molecule has 2 rings (SSSR count). The third kappa shape index (κ3) is 3.01. The average molecular weight is 260 g/mol. The van der Waals surface area contributed by atoms with Gasteiger partial charge in [-0.3, -0.25) is 4.79 Å². The molecule has 0 atom stereocenters. The van der Waals surface area contributed by atoms with Crippen LogP contribution in [0.1, 0.15) is 16.2 Å². The van der Waals surface area contributed by atoms with Gasteiger partial charge in [-0.05, 0) is 18.2 Å². The fraction of sp³-hybridized carbons (Fsp3) is 0.250. The van der Waals surface area contributed by atoms with Crippen LogP contribution >= 0.6 is 0 Å². The summed E-state index contributed by atoms with van der Waals surface area (Å²) in [6.07, 6.45) is 2.23. The van der Waals surface area contributed by atoms with Gasteiger partial charge in [0.25, 0.3) is 5.91 Å². The second kappa shape index (κ2) is 5.38. The van der Waals surface area contributed by atoms with Crippen LogP contribution in [0.15, 0.2) is 24.5 Å². The number of nitrogens with zero attached hydrogens (tertiary/aromatic N) is 3. The van der Waals surface area contributed by atoms with Gasteiger partial charge in [0.15, 0.2) is 0 Å². The number of nitrogens with two attached hydrogens (primary N) is 2. The fourth-order valence-corrected chi connectivity index (χ4v) is 1.70. The average Bonchev–Trinajstić information content (AvgIpc) is 2.75. The van der Waals surface area contributed by atoms with E-state index in [2.05, 4.69) is 15.5 Å². The minimum Gasteiger partial charge on any atom is -0.399 e. The van der Waals surface area contributed by atoms with Crippen molar-refractivity contribution < 1.29 is 4.79 Å². The Morgan fingerprint density at radius 1 is 1.42 bits per heavy atom. The summed E-state index contributed by atoms with van der Waals surface area (Å²) in [5, 5.41) is 10.5. The minimum absolute atomic E-state index is 0.223. The van der Waals surface area contributed by atoms with Crippen LogP contribution in [0.5, 0.6) is 0 Å². The SMILES string of the molecule is Cn1cnnc1CCNC(=O)c1ccc(N)cc1N. The van der Waals surface area contributed by atoms with E-state index in [1.54, 1.807) is 24.5 Å². The lowest BCUT2D eigenvalue weighted by Crippen LogP contribution is -2.27. The predicted molar refractivity (Wildman–Crippen MR) is 72.3 cm³/mol. The van der Waals surface area contributed by atoms with Crippen LogP contribution in [-0.2, 0) is 13.5 Å². The maximum absolute atomic E-state index is 11.9. The Morgan fingerprint density at radius 2 is 2.21 bits per heavy atom. The lowest BCUT2D eigenvalue weighted by atomic mass is 10.1. The Kier molecular flexibility index (Phi) is 3.65. The molecular formula is C12H16N6O. The summed E-state index contributed by atoms with van der Waals surface area (Å²) in [4.78, 5) is 11.9. The lowest BCUT2D eigenvalue weighted by Gasteiger charge is -2.07. The maximum atomic E-state index is 11.9. The Labute approximate surface area is 110 Å². The number of hydrogen-bond acceptors (Lipinski definition) is 5. The number of carbonyl (C=O) groups is 1. The molecule has 100 valence electrons. The van der Waals surface area contributed by atoms with E-state index in [4.69, 9.17) is 11.5 Å². The second-order valence-corrected chi connectivity index (χ2v) is 4.21. The van der Waals surface area contributed by atoms with Gasteiger partial charge in [-0.25, -0.2) is 0 Å². The summed E-state index contributed by atoms with van der Waals surface area (Å²) in [6, 6.07) is 4.83. The molecule has 0 aliphatic heterocycles. The van der Waals surface area contributed by atoms with Crippen molar-refractivity contribution in [1.82, 2.24) is 20.1 Å². The van der Waals surface area contributed by atoms with Crippen molar-refractivity contribution >= 4 is 17.3 Å². The molecule has 1 aromatic carbocycles. The number of amides is 1. The molecule has 2 aromatic rings. The standard InChI is InChI=1S/C12H16N6O/c1-18-7-16-17-11(18)4-5-15-12(19)9-3-2-8(13)6-10(9)14/h2-3,6-7H,4-5,13-14H2,1H3,(H,15,19). The van der Waals surface area contributed by atoms with Gasteiger partial charge in [0.2, 0.25) is 0 Å². The first-order chi connectivity index (χ1) is 9.08. The number of benzene rings is 1. The molecule has 0 radical (unpaired) electrons. The molecule has 0 saturated carbocycles. The molecule has 0 fully saturated rings. The van der Waals surface area contributed by atoms with Gasteiger partial charge in [0, 0.05) is 31.4 Å². The molecule has 1 heterocycles. The van der Waals surface area contributed by atoms with E-state index in [-0.39, 0.29) is 5.91 Å². The molecule has 0 unspecified atom stereocenters. The highest BCUT2D eigenvalue weighted by Gasteiger charge is 2.09. The highest BCUT2D eigenvalue weighted by molar-refractivity contribution is 5.99. The van der Waals surface area contributed by atoms with Crippen molar-refractivity contribution in [3.05, 3.63) is 35.9 Å². The molecule has 0 spiro atoms. The molecule has 1 aromatic heterocycles. The predicted octanol–water partition coefficient (Wildman–Crippen LogP) is -0.0480. The van der Waals surface area contributed by atoms with Crippen molar-refractivity contribution in [3.63, 3.8) is 0 Å². The van der Waals surface area contributed by atoms with Crippen LogP contribution < -0.4 is 16.8 Å². The van der Waals surface area contributed by atoms with Gasteiger partial charge in [0.05, 0.1) is 5.56 Å². The summed E-state index contributed by atoms with van der Waals surface area (Å²) in [5.74, 6) is 0.588. The zero-order chi connectivity index (χ0) is 13.8. The number of hydrogen-bond donors (Lipinski definition) is 3. The van der Waals surface area contributed by atoms with Crippen LogP contribution in [0.3, 0.4) is 0 Å². The van der Waals surface area contributed by atoms with Crippen molar-refractivity contribution in [2.45, 2.75) is 6.42 Å². The molecule has 0 saturated heterocycles. The number of carbonyl (C=O) groups excluding carboxylic acids is 1. The van der Waals surface area contributed by atoms with E-state index in [9.17, 15) is 4.79 Å². The van der Waals surface area contributed by atoms with Crippen LogP contribution in [0.25, 0.3) is 0 Å². The summed E-state index contributed by atoms with van der Waals surface area (Å²) >= 11 is 0. The van der Waals surface area contributed by atoms with Gasteiger partial charge >= 0.3 is 0 Å². The Balaban J connectivity index is 1.93. The smallest absolute Gasteiger partial charge is 0.253 e. The first-order valence-corrected chi connectivity index (χ1v) is 5.84. The van der Waals surface area contributed by atoms with Gasteiger partial charge < -0.3 is 21.4 Å². The van der Waals surface area contributed by atoms with Crippen molar-refractivity contribution in [3.8, 4) is 0 Å². The summed E-state index contributed by atoms with van der Waals surface area (Å²) in [5.41, 5.74) is 12.7. The number of aromatic nitrogens is 3. The lowest BCUT2D eigenvalue weighted by molar-refractivity contribution is 0.0955. The van der Waals surface area contributed by atoms with Crippen molar-refractivity contribution in [1.29, 1.82) is 0 Å².